The smallest absolute Gasteiger partial charge is 0.310 e. The van der Waals surface area contributed by atoms with E-state index in [0.29, 0.717) is 12.8 Å². The molecule has 1 N–H and O–H groups in total. The van der Waals surface area contributed by atoms with Gasteiger partial charge in [0, 0.05) is 12.8 Å². The van der Waals surface area contributed by atoms with E-state index in [1.54, 1.807) is 20.8 Å². The van der Waals surface area contributed by atoms with Gasteiger partial charge in [-0.1, -0.05) is 56.3 Å². The molecule has 180 valence electrons. The van der Waals surface area contributed by atoms with Gasteiger partial charge in [0.15, 0.2) is 0 Å². The molecule has 0 spiro atoms. The zero-order chi connectivity index (χ0) is 24.6. The summed E-state index contributed by atoms with van der Waals surface area (Å²) in [6.07, 6.45) is 5.35. The summed E-state index contributed by atoms with van der Waals surface area (Å²) in [6, 6.07) is 9.67. The number of hydrogen-bond acceptors (Lipinski definition) is 5. The fourth-order valence-electron chi connectivity index (χ4n) is 3.75. The first kappa shape index (κ1) is 26.3. The molecule has 0 aromatic heterocycles. The lowest BCUT2D eigenvalue weighted by molar-refractivity contribution is -0.165. The van der Waals surface area contributed by atoms with Gasteiger partial charge >= 0.3 is 5.97 Å². The van der Waals surface area contributed by atoms with Crippen molar-refractivity contribution in [2.24, 2.45) is 17.8 Å². The van der Waals surface area contributed by atoms with Gasteiger partial charge in [-0.15, -0.1) is 0 Å². The zero-order valence-electron chi connectivity index (χ0n) is 20.3. The Labute approximate surface area is 196 Å². The fourth-order valence-corrected chi connectivity index (χ4v) is 3.75. The Hall–Kier alpha value is -2.96. The van der Waals surface area contributed by atoms with Gasteiger partial charge in [0.2, 0.25) is 17.7 Å². The highest BCUT2D eigenvalue weighted by atomic mass is 16.6. The number of nitrogens with zero attached hydrogens (tertiary/aromatic N) is 1. The number of carbonyl (C=O) groups is 4. The molecule has 1 unspecified atom stereocenters. The van der Waals surface area contributed by atoms with Gasteiger partial charge in [-0.2, -0.15) is 5.01 Å². The van der Waals surface area contributed by atoms with Gasteiger partial charge in [0.25, 0.3) is 0 Å². The summed E-state index contributed by atoms with van der Waals surface area (Å²) < 4.78 is 5.65. The first-order valence-corrected chi connectivity index (χ1v) is 11.6. The minimum Gasteiger partial charge on any atom is -0.460 e. The number of imide groups is 1. The van der Waals surface area contributed by atoms with Crippen molar-refractivity contribution in [1.82, 2.24) is 10.4 Å². The summed E-state index contributed by atoms with van der Waals surface area (Å²) in [5.74, 6) is -3.27. The first-order chi connectivity index (χ1) is 15.5. The van der Waals surface area contributed by atoms with Crippen LogP contribution in [0.2, 0.25) is 0 Å². The van der Waals surface area contributed by atoms with E-state index >= 15 is 0 Å². The molecule has 1 fully saturated rings. The van der Waals surface area contributed by atoms with Crippen molar-refractivity contribution in [2.75, 3.05) is 0 Å². The Morgan fingerprint density at radius 3 is 2.21 bits per heavy atom. The lowest BCUT2D eigenvalue weighted by Crippen LogP contribution is -2.54. The van der Waals surface area contributed by atoms with Crippen molar-refractivity contribution in [2.45, 2.75) is 72.3 Å². The molecule has 0 bridgehead atoms. The number of carbonyl (C=O) groups excluding carboxylic acids is 4. The number of amides is 3. The van der Waals surface area contributed by atoms with E-state index in [9.17, 15) is 19.2 Å². The van der Waals surface area contributed by atoms with E-state index in [1.165, 1.54) is 0 Å². The molecular weight excluding hydrogens is 420 g/mol. The average molecular weight is 457 g/mol. The monoisotopic (exact) mass is 456 g/mol. The second-order valence-electron chi connectivity index (χ2n) is 9.88. The van der Waals surface area contributed by atoms with Gasteiger partial charge in [-0.3, -0.25) is 24.6 Å². The molecule has 0 aliphatic carbocycles. The van der Waals surface area contributed by atoms with E-state index in [0.717, 1.165) is 10.6 Å². The van der Waals surface area contributed by atoms with Gasteiger partial charge in [-0.25, -0.2) is 0 Å². The maximum absolute atomic E-state index is 13.3. The summed E-state index contributed by atoms with van der Waals surface area (Å²) in [4.78, 5) is 50.8. The Bertz CT molecular complexity index is 854. The third-order valence-corrected chi connectivity index (χ3v) is 5.26. The number of hydrogen-bond donors (Lipinski definition) is 1. The van der Waals surface area contributed by atoms with Crippen LogP contribution in [0.15, 0.2) is 36.4 Å². The molecule has 0 saturated carbocycles. The number of hydrazine groups is 1. The van der Waals surface area contributed by atoms with E-state index < -0.39 is 41.1 Å². The lowest BCUT2D eigenvalue weighted by Gasteiger charge is -2.31. The molecule has 1 aliphatic heterocycles. The maximum Gasteiger partial charge on any atom is 0.310 e. The standard InChI is InChI=1S/C26H36N2O5/c1-18(2)17-21(24(31)27-28-22(29)15-10-16-23(28)30)20(25(32)33-26(3,4)5)14-9-13-19-11-7-6-8-12-19/h6-9,11-13,18,20-21H,10,14-17H2,1-5H3,(H,27,31)/b13-9+/t20?,21-/m1/s1. The van der Waals surface area contributed by atoms with Crippen molar-refractivity contribution >= 4 is 29.8 Å². The van der Waals surface area contributed by atoms with Crippen LogP contribution in [0.25, 0.3) is 6.08 Å². The van der Waals surface area contributed by atoms with Crippen molar-refractivity contribution in [1.29, 1.82) is 0 Å². The van der Waals surface area contributed by atoms with Crippen LogP contribution in [0.4, 0.5) is 0 Å². The summed E-state index contributed by atoms with van der Waals surface area (Å²) in [6.45, 7) is 9.27. The molecule has 3 amide bonds. The maximum atomic E-state index is 13.3. The Morgan fingerprint density at radius 1 is 1.06 bits per heavy atom. The lowest BCUT2D eigenvalue weighted by atomic mass is 9.82. The Morgan fingerprint density at radius 2 is 1.67 bits per heavy atom. The van der Waals surface area contributed by atoms with E-state index in [-0.39, 0.29) is 25.2 Å². The topological polar surface area (TPSA) is 92.8 Å². The number of piperidine rings is 1. The van der Waals surface area contributed by atoms with Crippen LogP contribution < -0.4 is 5.43 Å². The van der Waals surface area contributed by atoms with Crippen LogP contribution in [0.5, 0.6) is 0 Å². The SMILES string of the molecule is CC(C)C[C@@H](C(=O)NN1C(=O)CCCC1=O)C(C/C=C/c1ccccc1)C(=O)OC(C)(C)C. The van der Waals surface area contributed by atoms with E-state index in [4.69, 9.17) is 4.74 Å². The van der Waals surface area contributed by atoms with Crippen molar-refractivity contribution in [3.63, 3.8) is 0 Å². The van der Waals surface area contributed by atoms with Crippen LogP contribution in [-0.2, 0) is 23.9 Å². The normalized spacial score (nSPS) is 16.7. The number of esters is 1. The number of ether oxygens (including phenoxy) is 1. The molecule has 33 heavy (non-hydrogen) atoms. The molecule has 7 heteroatoms. The molecule has 1 saturated heterocycles. The highest BCUT2D eigenvalue weighted by molar-refractivity contribution is 5.99. The van der Waals surface area contributed by atoms with Gasteiger partial charge in [-0.05, 0) is 51.5 Å². The molecule has 7 nitrogen and oxygen atoms in total. The predicted molar refractivity (Wildman–Crippen MR) is 126 cm³/mol. The fraction of sp³-hybridized carbons (Fsp3) is 0.538. The first-order valence-electron chi connectivity index (χ1n) is 11.6. The van der Waals surface area contributed by atoms with Crippen molar-refractivity contribution < 1.29 is 23.9 Å². The Balaban J connectivity index is 2.29. The quantitative estimate of drug-likeness (QED) is 0.442. The highest BCUT2D eigenvalue weighted by Crippen LogP contribution is 2.28. The minimum absolute atomic E-state index is 0.108. The molecular formula is C26H36N2O5. The minimum atomic E-state index is -0.762. The van der Waals surface area contributed by atoms with Crippen LogP contribution in [0.1, 0.15) is 72.3 Å². The summed E-state index contributed by atoms with van der Waals surface area (Å²) in [5.41, 5.74) is 2.76. The molecule has 1 heterocycles. The second-order valence-corrected chi connectivity index (χ2v) is 9.88. The second kappa shape index (κ2) is 11.8. The molecule has 1 aliphatic rings. The summed E-state index contributed by atoms with van der Waals surface area (Å²) in [7, 11) is 0. The number of allylic oxidation sites excluding steroid dienone is 1. The van der Waals surface area contributed by atoms with Crippen LogP contribution in [0, 0.1) is 17.8 Å². The zero-order valence-corrected chi connectivity index (χ0v) is 20.3. The van der Waals surface area contributed by atoms with Gasteiger partial charge < -0.3 is 4.74 Å². The molecule has 0 radical (unpaired) electrons. The van der Waals surface area contributed by atoms with Crippen molar-refractivity contribution in [3.8, 4) is 0 Å². The third-order valence-electron chi connectivity index (χ3n) is 5.26. The summed E-state index contributed by atoms with van der Waals surface area (Å²) in [5, 5.41) is 0.811. The Kier molecular flexibility index (Phi) is 9.38. The van der Waals surface area contributed by atoms with Crippen molar-refractivity contribution in [3.05, 3.63) is 42.0 Å². The van der Waals surface area contributed by atoms with Crippen LogP contribution in [0.3, 0.4) is 0 Å². The molecule has 1 aromatic rings. The van der Waals surface area contributed by atoms with Crippen LogP contribution >= 0.6 is 0 Å². The van der Waals surface area contributed by atoms with E-state index in [2.05, 4.69) is 5.43 Å². The number of benzene rings is 1. The predicted octanol–water partition coefficient (Wildman–Crippen LogP) is 4.28. The molecule has 2 atom stereocenters. The number of rotatable bonds is 9. The van der Waals surface area contributed by atoms with Gasteiger partial charge in [0.1, 0.15) is 5.60 Å². The van der Waals surface area contributed by atoms with Crippen LogP contribution in [-0.4, -0.2) is 34.3 Å². The summed E-state index contributed by atoms with van der Waals surface area (Å²) >= 11 is 0. The van der Waals surface area contributed by atoms with E-state index in [1.807, 2.05) is 56.3 Å². The highest BCUT2D eigenvalue weighted by Gasteiger charge is 2.38. The van der Waals surface area contributed by atoms with Gasteiger partial charge in [0.05, 0.1) is 11.8 Å². The number of nitrogens with one attached hydrogen (secondary N) is 1. The molecule has 2 rings (SSSR count). The average Bonchev–Trinajstić information content (AvgIpc) is 2.72. The molecule has 1 aromatic carbocycles. The largest absolute Gasteiger partial charge is 0.460 e. The third kappa shape index (κ3) is 8.48.